The maximum absolute atomic E-state index is 10.6. The van der Waals surface area contributed by atoms with E-state index in [1.807, 2.05) is 0 Å². The Morgan fingerprint density at radius 3 is 2.63 bits per heavy atom. The molecule has 3 rings (SSSR count). The van der Waals surface area contributed by atoms with Crippen LogP contribution in [0.4, 0.5) is 5.69 Å². The molecule has 0 saturated heterocycles. The number of non-ortho nitro benzene ring substituents is 1. The zero-order valence-corrected chi connectivity index (χ0v) is 10.3. The van der Waals surface area contributed by atoms with E-state index >= 15 is 0 Å². The Morgan fingerprint density at radius 1 is 1.21 bits per heavy atom. The lowest BCUT2D eigenvalue weighted by molar-refractivity contribution is -0.384. The van der Waals surface area contributed by atoms with Gasteiger partial charge in [0.15, 0.2) is 5.65 Å². The minimum absolute atomic E-state index is 0.0419. The molecule has 3 aromatic rings. The number of hydrogen-bond donors (Lipinski definition) is 0. The zero-order chi connectivity index (χ0) is 13.4. The number of aromatic nitrogens is 3. The van der Waals surface area contributed by atoms with E-state index in [4.69, 9.17) is 11.6 Å². The van der Waals surface area contributed by atoms with Crippen LogP contribution in [0.1, 0.15) is 0 Å². The Labute approximate surface area is 112 Å². The van der Waals surface area contributed by atoms with E-state index < -0.39 is 4.92 Å². The fraction of sp³-hybridized carbons (Fsp3) is 0. The summed E-state index contributed by atoms with van der Waals surface area (Å²) in [6.07, 6.45) is 1.60. The third-order valence-corrected chi connectivity index (χ3v) is 2.96. The van der Waals surface area contributed by atoms with Crippen LogP contribution in [-0.4, -0.2) is 19.5 Å². The minimum atomic E-state index is -0.440. The second kappa shape index (κ2) is 4.33. The average molecular weight is 275 g/mol. The minimum Gasteiger partial charge on any atom is -0.258 e. The monoisotopic (exact) mass is 274 g/mol. The van der Waals surface area contributed by atoms with Crippen molar-refractivity contribution in [2.75, 3.05) is 0 Å². The van der Waals surface area contributed by atoms with Crippen molar-refractivity contribution < 1.29 is 4.92 Å². The van der Waals surface area contributed by atoms with E-state index in [2.05, 4.69) is 10.1 Å². The van der Waals surface area contributed by atoms with E-state index in [1.54, 1.807) is 30.5 Å². The SMILES string of the molecule is O=[N+]([O-])c1ccc(-c2cc(Cl)n3nccc3n2)cc1. The molecule has 0 saturated carbocycles. The predicted molar refractivity (Wildman–Crippen MR) is 70.1 cm³/mol. The third kappa shape index (κ3) is 2.02. The van der Waals surface area contributed by atoms with Gasteiger partial charge in [0.2, 0.25) is 0 Å². The van der Waals surface area contributed by atoms with Crippen molar-refractivity contribution in [1.82, 2.24) is 14.6 Å². The van der Waals surface area contributed by atoms with Gasteiger partial charge in [-0.05, 0) is 12.1 Å². The Morgan fingerprint density at radius 2 is 1.95 bits per heavy atom. The molecule has 0 N–H and O–H groups in total. The van der Waals surface area contributed by atoms with Crippen LogP contribution in [0.2, 0.25) is 5.15 Å². The van der Waals surface area contributed by atoms with Gasteiger partial charge in [-0.1, -0.05) is 11.6 Å². The van der Waals surface area contributed by atoms with Crippen LogP contribution in [-0.2, 0) is 0 Å². The van der Waals surface area contributed by atoms with Crippen LogP contribution in [0, 0.1) is 10.1 Å². The topological polar surface area (TPSA) is 73.3 Å². The molecular formula is C12H7ClN4O2. The first-order chi connectivity index (χ1) is 9.15. The second-order valence-electron chi connectivity index (χ2n) is 3.87. The standard InChI is InChI=1S/C12H7ClN4O2/c13-11-7-10(15-12-5-6-14-16(11)12)8-1-3-9(4-2-8)17(18)19/h1-7H. The molecule has 0 spiro atoms. The summed E-state index contributed by atoms with van der Waals surface area (Å²) in [5, 5.41) is 15.1. The summed E-state index contributed by atoms with van der Waals surface area (Å²) in [5.41, 5.74) is 2.07. The molecule has 0 aliphatic heterocycles. The Hall–Kier alpha value is -2.47. The van der Waals surface area contributed by atoms with Crippen LogP contribution >= 0.6 is 11.6 Å². The quantitative estimate of drug-likeness (QED) is 0.409. The number of fused-ring (bicyclic) bond motifs is 1. The van der Waals surface area contributed by atoms with Gasteiger partial charge < -0.3 is 0 Å². The number of hydrogen-bond acceptors (Lipinski definition) is 4. The fourth-order valence-electron chi connectivity index (χ4n) is 1.78. The Balaban J connectivity index is 2.10. The number of nitrogens with zero attached hydrogens (tertiary/aromatic N) is 4. The van der Waals surface area contributed by atoms with E-state index in [0.29, 0.717) is 16.5 Å². The number of nitro benzene ring substituents is 1. The molecule has 7 heteroatoms. The predicted octanol–water partition coefficient (Wildman–Crippen LogP) is 2.96. The molecule has 0 aliphatic carbocycles. The summed E-state index contributed by atoms with van der Waals surface area (Å²) >= 11 is 6.09. The fourth-order valence-corrected chi connectivity index (χ4v) is 2.01. The molecule has 0 unspecified atom stereocenters. The molecule has 0 fully saturated rings. The molecule has 94 valence electrons. The molecule has 2 heterocycles. The highest BCUT2D eigenvalue weighted by Gasteiger charge is 2.09. The molecule has 19 heavy (non-hydrogen) atoms. The maximum Gasteiger partial charge on any atom is 0.269 e. The summed E-state index contributed by atoms with van der Waals surface area (Å²) in [6.45, 7) is 0. The average Bonchev–Trinajstić information content (AvgIpc) is 2.87. The number of nitro groups is 1. The molecule has 0 amide bonds. The largest absolute Gasteiger partial charge is 0.269 e. The lowest BCUT2D eigenvalue weighted by atomic mass is 10.1. The van der Waals surface area contributed by atoms with Crippen LogP contribution in [0.25, 0.3) is 16.9 Å². The Kier molecular flexibility index (Phi) is 2.64. The van der Waals surface area contributed by atoms with Gasteiger partial charge in [0.05, 0.1) is 16.8 Å². The van der Waals surface area contributed by atoms with Crippen LogP contribution in [0.3, 0.4) is 0 Å². The molecule has 1 aromatic carbocycles. The van der Waals surface area contributed by atoms with Crippen LogP contribution in [0.5, 0.6) is 0 Å². The van der Waals surface area contributed by atoms with Gasteiger partial charge in [0.25, 0.3) is 5.69 Å². The molecule has 0 bridgehead atoms. The van der Waals surface area contributed by atoms with Crippen LogP contribution in [0.15, 0.2) is 42.6 Å². The smallest absolute Gasteiger partial charge is 0.258 e. The third-order valence-electron chi connectivity index (χ3n) is 2.69. The Bertz CT molecular complexity index is 767. The number of benzene rings is 1. The normalized spacial score (nSPS) is 10.8. The first kappa shape index (κ1) is 11.6. The van der Waals surface area contributed by atoms with Crippen LogP contribution < -0.4 is 0 Å². The van der Waals surface area contributed by atoms with E-state index in [9.17, 15) is 10.1 Å². The summed E-state index contributed by atoms with van der Waals surface area (Å²) in [5.74, 6) is 0. The highest BCUT2D eigenvalue weighted by Crippen LogP contribution is 2.24. The second-order valence-corrected chi connectivity index (χ2v) is 4.26. The van der Waals surface area contributed by atoms with Gasteiger partial charge in [-0.2, -0.15) is 5.10 Å². The first-order valence-corrected chi connectivity index (χ1v) is 5.78. The van der Waals surface area contributed by atoms with E-state index in [1.165, 1.54) is 16.6 Å². The van der Waals surface area contributed by atoms with Crippen molar-refractivity contribution in [2.45, 2.75) is 0 Å². The van der Waals surface area contributed by atoms with Crippen molar-refractivity contribution in [3.8, 4) is 11.3 Å². The molecule has 0 radical (unpaired) electrons. The lowest BCUT2D eigenvalue weighted by Crippen LogP contribution is -1.94. The molecule has 2 aromatic heterocycles. The summed E-state index contributed by atoms with van der Waals surface area (Å²) in [4.78, 5) is 14.5. The molecule has 6 nitrogen and oxygen atoms in total. The highest BCUT2D eigenvalue weighted by atomic mass is 35.5. The van der Waals surface area contributed by atoms with Crippen molar-refractivity contribution in [1.29, 1.82) is 0 Å². The van der Waals surface area contributed by atoms with Crippen molar-refractivity contribution >= 4 is 22.9 Å². The molecule has 0 aliphatic rings. The van der Waals surface area contributed by atoms with Crippen molar-refractivity contribution in [3.63, 3.8) is 0 Å². The van der Waals surface area contributed by atoms with Gasteiger partial charge in [-0.3, -0.25) is 10.1 Å². The van der Waals surface area contributed by atoms with E-state index in [-0.39, 0.29) is 5.69 Å². The van der Waals surface area contributed by atoms with Crippen molar-refractivity contribution in [2.24, 2.45) is 0 Å². The highest BCUT2D eigenvalue weighted by molar-refractivity contribution is 6.30. The number of rotatable bonds is 2. The van der Waals surface area contributed by atoms with Gasteiger partial charge in [-0.25, -0.2) is 9.50 Å². The lowest BCUT2D eigenvalue weighted by Gasteiger charge is -2.03. The zero-order valence-electron chi connectivity index (χ0n) is 9.52. The summed E-state index contributed by atoms with van der Waals surface area (Å²) < 4.78 is 1.51. The van der Waals surface area contributed by atoms with Gasteiger partial charge in [0, 0.05) is 29.8 Å². The van der Waals surface area contributed by atoms with Gasteiger partial charge in [-0.15, -0.1) is 0 Å². The number of halogens is 1. The summed E-state index contributed by atoms with van der Waals surface area (Å²) in [7, 11) is 0. The summed E-state index contributed by atoms with van der Waals surface area (Å²) in [6, 6.07) is 9.56. The van der Waals surface area contributed by atoms with Crippen molar-refractivity contribution in [3.05, 3.63) is 57.9 Å². The maximum atomic E-state index is 10.6. The molecular weight excluding hydrogens is 268 g/mol. The molecule has 0 atom stereocenters. The first-order valence-electron chi connectivity index (χ1n) is 5.40. The van der Waals surface area contributed by atoms with Gasteiger partial charge >= 0.3 is 0 Å². The van der Waals surface area contributed by atoms with Gasteiger partial charge in [0.1, 0.15) is 5.15 Å². The van der Waals surface area contributed by atoms with E-state index in [0.717, 1.165) is 5.56 Å².